The van der Waals surface area contributed by atoms with Gasteiger partial charge < -0.3 is 4.55 Å². The minimum Gasteiger partial charge on any atom is -0.598 e. The van der Waals surface area contributed by atoms with Gasteiger partial charge in [-0.15, -0.1) is 4.72 Å². The van der Waals surface area contributed by atoms with Crippen LogP contribution in [-0.2, 0) is 11.4 Å². The van der Waals surface area contributed by atoms with Crippen LogP contribution in [0.15, 0.2) is 0 Å². The van der Waals surface area contributed by atoms with Crippen molar-refractivity contribution in [1.29, 1.82) is 0 Å². The van der Waals surface area contributed by atoms with Gasteiger partial charge in [0.25, 0.3) is 0 Å². The molecule has 11 heavy (non-hydrogen) atoms. The molecule has 0 saturated carbocycles. The van der Waals surface area contributed by atoms with E-state index in [1.54, 1.807) is 0 Å². The van der Waals surface area contributed by atoms with Gasteiger partial charge in [0.2, 0.25) is 0 Å². The summed E-state index contributed by atoms with van der Waals surface area (Å²) in [5.41, 5.74) is 0. The molecule has 0 aromatic carbocycles. The van der Waals surface area contributed by atoms with Crippen LogP contribution in [0.1, 0.15) is 39.5 Å². The predicted octanol–water partition coefficient (Wildman–Crippen LogP) is 1.84. The topological polar surface area (TPSA) is 35.1 Å². The first-order valence-electron chi connectivity index (χ1n) is 4.43. The SMILES string of the molecule is CCCCN[S+]([O-])CCCC. The second-order valence-corrected chi connectivity index (χ2v) is 4.04. The fourth-order valence-corrected chi connectivity index (χ4v) is 1.78. The molecule has 0 aliphatic rings. The number of rotatable bonds is 7. The largest absolute Gasteiger partial charge is 0.598 e. The normalized spacial score (nSPS) is 13.4. The summed E-state index contributed by atoms with van der Waals surface area (Å²) in [6.45, 7) is 5.15. The highest BCUT2D eigenvalue weighted by Gasteiger charge is 2.02. The van der Waals surface area contributed by atoms with E-state index in [0.29, 0.717) is 0 Å². The quantitative estimate of drug-likeness (QED) is 0.476. The van der Waals surface area contributed by atoms with Crippen LogP contribution in [0.25, 0.3) is 0 Å². The minimum absolute atomic E-state index is 0.771. The lowest BCUT2D eigenvalue weighted by molar-refractivity contribution is 0.574. The van der Waals surface area contributed by atoms with Crippen LogP contribution in [0.5, 0.6) is 0 Å². The van der Waals surface area contributed by atoms with Crippen molar-refractivity contribution in [2.45, 2.75) is 39.5 Å². The van der Waals surface area contributed by atoms with Crippen LogP contribution in [0, 0.1) is 0 Å². The Hall–Kier alpha value is 0.270. The Morgan fingerprint density at radius 2 is 1.82 bits per heavy atom. The summed E-state index contributed by atoms with van der Waals surface area (Å²) in [4.78, 5) is 0. The van der Waals surface area contributed by atoms with Gasteiger partial charge in [0.05, 0.1) is 0 Å². The van der Waals surface area contributed by atoms with Gasteiger partial charge >= 0.3 is 0 Å². The Morgan fingerprint density at radius 1 is 1.18 bits per heavy atom. The number of hydrogen-bond acceptors (Lipinski definition) is 2. The van der Waals surface area contributed by atoms with Crippen molar-refractivity contribution in [2.75, 3.05) is 12.3 Å². The first-order chi connectivity index (χ1) is 5.31. The molecule has 0 radical (unpaired) electrons. The summed E-state index contributed by atoms with van der Waals surface area (Å²) in [6, 6.07) is 0. The highest BCUT2D eigenvalue weighted by Crippen LogP contribution is 1.94. The molecular formula is C8H19NOS. The summed E-state index contributed by atoms with van der Waals surface area (Å²) in [5, 5.41) is 0. The predicted molar refractivity (Wildman–Crippen MR) is 50.8 cm³/mol. The van der Waals surface area contributed by atoms with E-state index in [9.17, 15) is 4.55 Å². The van der Waals surface area contributed by atoms with Crippen LogP contribution < -0.4 is 4.72 Å². The van der Waals surface area contributed by atoms with E-state index in [-0.39, 0.29) is 0 Å². The molecule has 1 N–H and O–H groups in total. The lowest BCUT2D eigenvalue weighted by atomic mass is 10.3. The molecule has 0 rings (SSSR count). The smallest absolute Gasteiger partial charge is 0.125 e. The van der Waals surface area contributed by atoms with E-state index < -0.39 is 11.4 Å². The highest BCUT2D eigenvalue weighted by molar-refractivity contribution is 7.89. The molecule has 3 heteroatoms. The third-order valence-electron chi connectivity index (χ3n) is 1.48. The van der Waals surface area contributed by atoms with Crippen LogP contribution in [0.4, 0.5) is 0 Å². The molecule has 1 unspecified atom stereocenters. The summed E-state index contributed by atoms with van der Waals surface area (Å²) in [6.07, 6.45) is 4.47. The molecule has 0 spiro atoms. The van der Waals surface area contributed by atoms with Crippen molar-refractivity contribution in [3.05, 3.63) is 0 Å². The molecule has 1 atom stereocenters. The Morgan fingerprint density at radius 3 is 2.36 bits per heavy atom. The average molecular weight is 177 g/mol. The maximum Gasteiger partial charge on any atom is 0.125 e. The van der Waals surface area contributed by atoms with Crippen molar-refractivity contribution in [3.8, 4) is 0 Å². The second-order valence-electron chi connectivity index (χ2n) is 2.65. The van der Waals surface area contributed by atoms with Crippen molar-refractivity contribution >= 4 is 11.4 Å². The highest BCUT2D eigenvalue weighted by atomic mass is 32.2. The maximum absolute atomic E-state index is 11.1. The second kappa shape index (κ2) is 8.37. The first-order valence-corrected chi connectivity index (χ1v) is 5.75. The van der Waals surface area contributed by atoms with Crippen molar-refractivity contribution in [3.63, 3.8) is 0 Å². The third kappa shape index (κ3) is 8.17. The number of unbranched alkanes of at least 4 members (excludes halogenated alkanes) is 2. The zero-order valence-electron chi connectivity index (χ0n) is 7.56. The van der Waals surface area contributed by atoms with Crippen molar-refractivity contribution in [2.24, 2.45) is 0 Å². The van der Waals surface area contributed by atoms with E-state index in [1.807, 2.05) is 0 Å². The summed E-state index contributed by atoms with van der Waals surface area (Å²) < 4.78 is 14.1. The summed E-state index contributed by atoms with van der Waals surface area (Å²) >= 11 is -0.771. The lowest BCUT2D eigenvalue weighted by Crippen LogP contribution is -2.27. The van der Waals surface area contributed by atoms with E-state index >= 15 is 0 Å². The average Bonchev–Trinajstić information content (AvgIpc) is 2.01. The van der Waals surface area contributed by atoms with E-state index in [0.717, 1.165) is 38.0 Å². The molecule has 68 valence electrons. The fourth-order valence-electron chi connectivity index (χ4n) is 0.710. The van der Waals surface area contributed by atoms with E-state index in [2.05, 4.69) is 18.6 Å². The zero-order chi connectivity index (χ0) is 8.53. The Kier molecular flexibility index (Phi) is 8.57. The minimum atomic E-state index is -0.771. The van der Waals surface area contributed by atoms with Gasteiger partial charge in [-0.25, -0.2) is 0 Å². The molecule has 0 aliphatic carbocycles. The third-order valence-corrected chi connectivity index (χ3v) is 2.66. The Balaban J connectivity index is 3.02. The van der Waals surface area contributed by atoms with Gasteiger partial charge in [0.15, 0.2) is 0 Å². The molecule has 0 heterocycles. The van der Waals surface area contributed by atoms with E-state index in [4.69, 9.17) is 0 Å². The molecule has 0 aliphatic heterocycles. The molecule has 0 aromatic rings. The molecule has 0 fully saturated rings. The molecule has 2 nitrogen and oxygen atoms in total. The van der Waals surface area contributed by atoms with Gasteiger partial charge in [-0.05, 0) is 12.8 Å². The van der Waals surface area contributed by atoms with Crippen LogP contribution in [-0.4, -0.2) is 16.9 Å². The Bertz CT molecular complexity index is 80.5. The van der Waals surface area contributed by atoms with Crippen molar-refractivity contribution < 1.29 is 4.55 Å². The monoisotopic (exact) mass is 177 g/mol. The van der Waals surface area contributed by atoms with Gasteiger partial charge in [-0.1, -0.05) is 26.7 Å². The lowest BCUT2D eigenvalue weighted by Gasteiger charge is -2.09. The summed E-state index contributed by atoms with van der Waals surface area (Å²) in [7, 11) is 0. The molecule has 0 aromatic heterocycles. The van der Waals surface area contributed by atoms with Crippen molar-refractivity contribution in [1.82, 2.24) is 4.72 Å². The molecule has 0 saturated heterocycles. The fraction of sp³-hybridized carbons (Fsp3) is 1.00. The van der Waals surface area contributed by atoms with Gasteiger partial charge in [-0.2, -0.15) is 0 Å². The molecule has 0 amide bonds. The van der Waals surface area contributed by atoms with Crippen LogP contribution in [0.2, 0.25) is 0 Å². The zero-order valence-corrected chi connectivity index (χ0v) is 8.38. The van der Waals surface area contributed by atoms with Crippen LogP contribution in [0.3, 0.4) is 0 Å². The first kappa shape index (κ1) is 11.3. The van der Waals surface area contributed by atoms with Gasteiger partial charge in [0.1, 0.15) is 5.75 Å². The maximum atomic E-state index is 11.1. The Labute approximate surface area is 73.1 Å². The number of hydrogen-bond donors (Lipinski definition) is 1. The summed E-state index contributed by atoms with van der Waals surface area (Å²) in [5.74, 6) is 0.806. The molecule has 0 bridgehead atoms. The standard InChI is InChI=1S/C8H19NOS/c1-3-5-7-9-11(10)8-6-4-2/h9H,3-8H2,1-2H3. The molecular weight excluding hydrogens is 158 g/mol. The van der Waals surface area contributed by atoms with Gasteiger partial charge in [0, 0.05) is 17.9 Å². The van der Waals surface area contributed by atoms with E-state index in [1.165, 1.54) is 0 Å². The van der Waals surface area contributed by atoms with Crippen LogP contribution >= 0.6 is 0 Å². The van der Waals surface area contributed by atoms with Gasteiger partial charge in [-0.3, -0.25) is 0 Å². The number of nitrogens with one attached hydrogen (secondary N) is 1.